The number of nitrogens with one attached hydrogen (secondary N) is 2. The number of carbonyl (C=O) groups excluding carboxylic acids is 1. The summed E-state index contributed by atoms with van der Waals surface area (Å²) in [4.78, 5) is 12.4. The summed E-state index contributed by atoms with van der Waals surface area (Å²) in [7, 11) is -3.49. The van der Waals surface area contributed by atoms with Gasteiger partial charge in [-0.05, 0) is 47.7 Å². The molecule has 0 aromatic heterocycles. The van der Waals surface area contributed by atoms with E-state index in [2.05, 4.69) is 10.0 Å². The summed E-state index contributed by atoms with van der Waals surface area (Å²) < 4.78 is 63.0. The Labute approximate surface area is 172 Å². The molecule has 0 heterocycles. The summed E-state index contributed by atoms with van der Waals surface area (Å²) in [5.41, 5.74) is 1.29. The van der Waals surface area contributed by atoms with Crippen LogP contribution in [0.4, 0.5) is 18.9 Å². The Hall–Kier alpha value is -2.59. The molecule has 0 bridgehead atoms. The molecule has 1 fully saturated rings. The predicted molar refractivity (Wildman–Crippen MR) is 105 cm³/mol. The van der Waals surface area contributed by atoms with E-state index in [1.807, 2.05) is 0 Å². The molecule has 30 heavy (non-hydrogen) atoms. The van der Waals surface area contributed by atoms with Gasteiger partial charge in [-0.1, -0.05) is 18.2 Å². The molecule has 6 nitrogen and oxygen atoms in total. The van der Waals surface area contributed by atoms with Crippen LogP contribution in [-0.2, 0) is 34.1 Å². The van der Waals surface area contributed by atoms with Crippen LogP contribution in [0.2, 0.25) is 0 Å². The molecule has 162 valence electrons. The molecule has 10 heteroatoms. The number of anilines is 1. The minimum atomic E-state index is -4.39. The molecular formula is C20H21F3N2O4S. The third kappa shape index (κ3) is 5.51. The molecule has 1 aliphatic carbocycles. The van der Waals surface area contributed by atoms with Crippen LogP contribution in [0.3, 0.4) is 0 Å². The van der Waals surface area contributed by atoms with Crippen molar-refractivity contribution in [2.75, 3.05) is 11.0 Å². The Balaban J connectivity index is 1.58. The van der Waals surface area contributed by atoms with E-state index in [1.54, 1.807) is 12.1 Å². The SMILES string of the molecule is CS(=O)(=O)Nc1ccc(CNC(=O)[C@@H]2CC2c2ccc(C(F)(F)F)cc2)cc1CO. The predicted octanol–water partition coefficient (Wildman–Crippen LogP) is 2.99. The number of hydrogen-bond donors (Lipinski definition) is 3. The summed E-state index contributed by atoms with van der Waals surface area (Å²) in [6.07, 6.45) is -2.82. The quantitative estimate of drug-likeness (QED) is 0.614. The molecule has 2 aromatic carbocycles. The molecule has 0 radical (unpaired) electrons. The van der Waals surface area contributed by atoms with E-state index in [4.69, 9.17) is 0 Å². The van der Waals surface area contributed by atoms with Crippen LogP contribution >= 0.6 is 0 Å². The zero-order valence-corrected chi connectivity index (χ0v) is 16.8. The van der Waals surface area contributed by atoms with Crippen molar-refractivity contribution < 1.29 is 31.5 Å². The molecule has 1 unspecified atom stereocenters. The Morgan fingerprint density at radius 2 is 1.83 bits per heavy atom. The fourth-order valence-corrected chi connectivity index (χ4v) is 3.88. The van der Waals surface area contributed by atoms with Gasteiger partial charge in [-0.25, -0.2) is 8.42 Å². The topological polar surface area (TPSA) is 95.5 Å². The number of alkyl halides is 3. The third-order valence-corrected chi connectivity index (χ3v) is 5.49. The lowest BCUT2D eigenvalue weighted by Gasteiger charge is -2.12. The van der Waals surface area contributed by atoms with Gasteiger partial charge in [0.05, 0.1) is 24.1 Å². The second kappa shape index (κ2) is 8.27. The van der Waals surface area contributed by atoms with Gasteiger partial charge in [0.2, 0.25) is 15.9 Å². The fourth-order valence-electron chi connectivity index (χ4n) is 3.28. The molecule has 0 spiro atoms. The molecular weight excluding hydrogens is 421 g/mol. The van der Waals surface area contributed by atoms with Crippen molar-refractivity contribution in [3.05, 3.63) is 64.7 Å². The smallest absolute Gasteiger partial charge is 0.392 e. The number of benzene rings is 2. The largest absolute Gasteiger partial charge is 0.416 e. The number of aliphatic hydroxyl groups excluding tert-OH is 1. The number of amides is 1. The highest BCUT2D eigenvalue weighted by Gasteiger charge is 2.44. The van der Waals surface area contributed by atoms with Gasteiger partial charge in [0.25, 0.3) is 0 Å². The van der Waals surface area contributed by atoms with E-state index in [1.165, 1.54) is 18.2 Å². The highest BCUT2D eigenvalue weighted by atomic mass is 32.2. The van der Waals surface area contributed by atoms with E-state index >= 15 is 0 Å². The number of carbonyl (C=O) groups is 1. The van der Waals surface area contributed by atoms with Crippen LogP contribution in [0.1, 0.15) is 34.6 Å². The van der Waals surface area contributed by atoms with Crippen molar-refractivity contribution in [3.63, 3.8) is 0 Å². The summed E-state index contributed by atoms with van der Waals surface area (Å²) in [6, 6.07) is 9.58. The van der Waals surface area contributed by atoms with Crippen LogP contribution in [0.5, 0.6) is 0 Å². The maximum atomic E-state index is 12.6. The minimum Gasteiger partial charge on any atom is -0.392 e. The van der Waals surface area contributed by atoms with Crippen LogP contribution in [0, 0.1) is 5.92 Å². The Bertz CT molecular complexity index is 1040. The van der Waals surface area contributed by atoms with Gasteiger partial charge in [0.1, 0.15) is 0 Å². The molecule has 1 aliphatic rings. The monoisotopic (exact) mass is 442 g/mol. The Kier molecular flexibility index (Phi) is 6.09. The Morgan fingerprint density at radius 3 is 2.40 bits per heavy atom. The lowest BCUT2D eigenvalue weighted by atomic mass is 10.1. The van der Waals surface area contributed by atoms with Crippen molar-refractivity contribution in [1.29, 1.82) is 0 Å². The molecule has 1 amide bonds. The van der Waals surface area contributed by atoms with E-state index in [0.29, 0.717) is 23.1 Å². The first-order valence-corrected chi connectivity index (χ1v) is 11.0. The van der Waals surface area contributed by atoms with Crippen LogP contribution in [0.25, 0.3) is 0 Å². The zero-order chi connectivity index (χ0) is 22.1. The number of rotatable bonds is 7. The van der Waals surface area contributed by atoms with Gasteiger partial charge >= 0.3 is 6.18 Å². The number of hydrogen-bond acceptors (Lipinski definition) is 4. The van der Waals surface area contributed by atoms with Crippen molar-refractivity contribution in [1.82, 2.24) is 5.32 Å². The average Bonchev–Trinajstić information content (AvgIpc) is 3.46. The molecule has 0 saturated heterocycles. The molecule has 3 N–H and O–H groups in total. The maximum absolute atomic E-state index is 12.6. The van der Waals surface area contributed by atoms with E-state index in [-0.39, 0.29) is 36.6 Å². The van der Waals surface area contributed by atoms with Crippen LogP contribution < -0.4 is 10.0 Å². The highest BCUT2D eigenvalue weighted by Crippen LogP contribution is 2.48. The highest BCUT2D eigenvalue weighted by molar-refractivity contribution is 7.92. The molecule has 1 saturated carbocycles. The Morgan fingerprint density at radius 1 is 1.17 bits per heavy atom. The lowest BCUT2D eigenvalue weighted by molar-refractivity contribution is -0.137. The van der Waals surface area contributed by atoms with E-state index in [9.17, 15) is 31.5 Å². The summed E-state index contributed by atoms with van der Waals surface area (Å²) in [5.74, 6) is -0.615. The first kappa shape index (κ1) is 22.1. The first-order chi connectivity index (χ1) is 14.0. The zero-order valence-electron chi connectivity index (χ0n) is 16.0. The summed E-state index contributed by atoms with van der Waals surface area (Å²) >= 11 is 0. The van der Waals surface area contributed by atoms with Gasteiger partial charge < -0.3 is 10.4 Å². The van der Waals surface area contributed by atoms with Gasteiger partial charge in [0, 0.05) is 18.0 Å². The minimum absolute atomic E-state index is 0.110. The van der Waals surface area contributed by atoms with E-state index < -0.39 is 21.8 Å². The molecule has 2 aromatic rings. The first-order valence-electron chi connectivity index (χ1n) is 9.13. The fraction of sp³-hybridized carbons (Fsp3) is 0.350. The third-order valence-electron chi connectivity index (χ3n) is 4.90. The average molecular weight is 442 g/mol. The van der Waals surface area contributed by atoms with E-state index in [0.717, 1.165) is 18.4 Å². The van der Waals surface area contributed by atoms with Crippen molar-refractivity contribution in [3.8, 4) is 0 Å². The normalized spacial score (nSPS) is 18.7. The van der Waals surface area contributed by atoms with Crippen molar-refractivity contribution in [2.45, 2.75) is 31.7 Å². The lowest BCUT2D eigenvalue weighted by Crippen LogP contribution is -2.25. The number of halogens is 3. The number of sulfonamides is 1. The maximum Gasteiger partial charge on any atom is 0.416 e. The number of aliphatic hydroxyl groups is 1. The van der Waals surface area contributed by atoms with Crippen LogP contribution in [0.15, 0.2) is 42.5 Å². The second-order valence-corrected chi connectivity index (χ2v) is 9.06. The molecule has 0 aliphatic heterocycles. The van der Waals surface area contributed by atoms with Gasteiger partial charge in [-0.2, -0.15) is 13.2 Å². The van der Waals surface area contributed by atoms with Gasteiger partial charge in [-0.15, -0.1) is 0 Å². The van der Waals surface area contributed by atoms with Gasteiger partial charge in [-0.3, -0.25) is 9.52 Å². The van der Waals surface area contributed by atoms with Crippen molar-refractivity contribution in [2.24, 2.45) is 5.92 Å². The molecule has 2 atom stereocenters. The van der Waals surface area contributed by atoms with Crippen molar-refractivity contribution >= 4 is 21.6 Å². The summed E-state index contributed by atoms with van der Waals surface area (Å²) in [5, 5.41) is 12.2. The molecule has 3 rings (SSSR count). The van der Waals surface area contributed by atoms with Gasteiger partial charge in [0.15, 0.2) is 0 Å². The summed E-state index contributed by atoms with van der Waals surface area (Å²) in [6.45, 7) is -0.195. The van der Waals surface area contributed by atoms with Crippen LogP contribution in [-0.4, -0.2) is 25.7 Å². The second-order valence-electron chi connectivity index (χ2n) is 7.31. The standard InChI is InChI=1S/C20H21F3N2O4S/c1-30(28,29)25-18-7-2-12(8-14(18)11-26)10-24-19(27)17-9-16(17)13-3-5-15(6-4-13)20(21,22)23/h2-8,16-17,25-26H,9-11H2,1H3,(H,24,27)/t16?,17-/m1/s1.